The van der Waals surface area contributed by atoms with E-state index < -0.39 is 12.0 Å². The van der Waals surface area contributed by atoms with E-state index in [1.165, 1.54) is 0 Å². The highest BCUT2D eigenvalue weighted by Crippen LogP contribution is 2.06. The van der Waals surface area contributed by atoms with E-state index in [4.69, 9.17) is 10.8 Å². The number of carboxylic acid groups (broad SMARTS) is 1. The van der Waals surface area contributed by atoms with Crippen LogP contribution in [-0.4, -0.2) is 21.7 Å². The van der Waals surface area contributed by atoms with Gasteiger partial charge in [-0.1, -0.05) is 0 Å². The minimum Gasteiger partial charge on any atom is -0.480 e. The van der Waals surface area contributed by atoms with Crippen LogP contribution in [0.4, 0.5) is 0 Å². The highest BCUT2D eigenvalue weighted by molar-refractivity contribution is 5.72. The van der Waals surface area contributed by atoms with Crippen molar-refractivity contribution in [2.75, 3.05) is 0 Å². The van der Waals surface area contributed by atoms with Gasteiger partial charge in [-0.2, -0.15) is 0 Å². The van der Waals surface area contributed by atoms with E-state index in [0.717, 1.165) is 11.3 Å². The van der Waals surface area contributed by atoms with E-state index in [9.17, 15) is 4.79 Å². The van der Waals surface area contributed by atoms with Gasteiger partial charge in [0.05, 0.1) is 0 Å². The number of carbonyl (C=O) groups is 1. The SMILES string of the molecule is Cc1cc(C)n(CC(N)C(=O)O)c1. The third kappa shape index (κ3) is 2.32. The minimum absolute atomic E-state index is 0.328. The second-order valence-corrected chi connectivity index (χ2v) is 3.26. The van der Waals surface area contributed by atoms with Crippen molar-refractivity contribution < 1.29 is 9.90 Å². The van der Waals surface area contributed by atoms with Crippen molar-refractivity contribution in [3.05, 3.63) is 23.5 Å². The van der Waals surface area contributed by atoms with Gasteiger partial charge in [-0.25, -0.2) is 0 Å². The highest BCUT2D eigenvalue weighted by Gasteiger charge is 2.12. The van der Waals surface area contributed by atoms with E-state index >= 15 is 0 Å². The van der Waals surface area contributed by atoms with Gasteiger partial charge in [-0.15, -0.1) is 0 Å². The Bertz CT molecular complexity index is 317. The molecule has 4 heteroatoms. The van der Waals surface area contributed by atoms with Crippen LogP contribution in [0, 0.1) is 13.8 Å². The van der Waals surface area contributed by atoms with Crippen LogP contribution in [0.5, 0.6) is 0 Å². The molecule has 0 saturated heterocycles. The maximum Gasteiger partial charge on any atom is 0.322 e. The van der Waals surface area contributed by atoms with E-state index in [2.05, 4.69) is 0 Å². The van der Waals surface area contributed by atoms with E-state index in [-0.39, 0.29) is 0 Å². The summed E-state index contributed by atoms with van der Waals surface area (Å²) in [6, 6.07) is 1.17. The third-order valence-corrected chi connectivity index (χ3v) is 1.96. The number of rotatable bonds is 3. The van der Waals surface area contributed by atoms with Crippen LogP contribution in [0.15, 0.2) is 12.3 Å². The maximum atomic E-state index is 10.5. The number of nitrogens with two attached hydrogens (primary N) is 1. The Balaban J connectivity index is 2.74. The van der Waals surface area contributed by atoms with Crippen LogP contribution in [0.3, 0.4) is 0 Å². The van der Waals surface area contributed by atoms with Crippen molar-refractivity contribution in [3.63, 3.8) is 0 Å². The Morgan fingerprint density at radius 2 is 2.31 bits per heavy atom. The van der Waals surface area contributed by atoms with Crippen molar-refractivity contribution in [1.82, 2.24) is 4.57 Å². The molecule has 0 aliphatic carbocycles. The molecule has 13 heavy (non-hydrogen) atoms. The molecule has 0 radical (unpaired) electrons. The molecule has 0 aliphatic heterocycles. The Morgan fingerprint density at radius 1 is 1.69 bits per heavy atom. The van der Waals surface area contributed by atoms with Gasteiger partial charge in [-0.05, 0) is 25.5 Å². The molecule has 1 heterocycles. The molecule has 4 nitrogen and oxygen atoms in total. The van der Waals surface area contributed by atoms with Crippen molar-refractivity contribution in [2.45, 2.75) is 26.4 Å². The highest BCUT2D eigenvalue weighted by atomic mass is 16.4. The van der Waals surface area contributed by atoms with E-state index in [1.807, 2.05) is 30.7 Å². The van der Waals surface area contributed by atoms with Crippen LogP contribution in [0.1, 0.15) is 11.3 Å². The van der Waals surface area contributed by atoms with Gasteiger partial charge in [0, 0.05) is 18.4 Å². The van der Waals surface area contributed by atoms with Crippen molar-refractivity contribution in [2.24, 2.45) is 5.73 Å². The van der Waals surface area contributed by atoms with Crippen LogP contribution < -0.4 is 5.73 Å². The second-order valence-electron chi connectivity index (χ2n) is 3.26. The summed E-state index contributed by atoms with van der Waals surface area (Å²) in [5, 5.41) is 8.60. The topological polar surface area (TPSA) is 68.2 Å². The zero-order valence-corrected chi connectivity index (χ0v) is 7.82. The summed E-state index contributed by atoms with van der Waals surface area (Å²) in [6.07, 6.45) is 1.90. The van der Waals surface area contributed by atoms with Gasteiger partial charge >= 0.3 is 5.97 Å². The molecular formula is C9H14N2O2. The molecule has 1 aromatic rings. The summed E-state index contributed by atoms with van der Waals surface area (Å²) in [5.74, 6) is -0.967. The molecule has 1 unspecified atom stereocenters. The molecule has 0 aliphatic rings. The summed E-state index contributed by atoms with van der Waals surface area (Å²) in [7, 11) is 0. The molecule has 72 valence electrons. The van der Waals surface area contributed by atoms with E-state index in [1.54, 1.807) is 0 Å². The summed E-state index contributed by atoms with van der Waals surface area (Å²) in [6.45, 7) is 4.23. The third-order valence-electron chi connectivity index (χ3n) is 1.96. The van der Waals surface area contributed by atoms with Crippen LogP contribution in [-0.2, 0) is 11.3 Å². The predicted molar refractivity (Wildman–Crippen MR) is 49.5 cm³/mol. The van der Waals surface area contributed by atoms with Gasteiger partial charge < -0.3 is 15.4 Å². The molecule has 1 aromatic heterocycles. The zero-order chi connectivity index (χ0) is 10.0. The quantitative estimate of drug-likeness (QED) is 0.716. The van der Waals surface area contributed by atoms with Crippen LogP contribution in [0.25, 0.3) is 0 Å². The van der Waals surface area contributed by atoms with Gasteiger partial charge in [-0.3, -0.25) is 4.79 Å². The summed E-state index contributed by atoms with van der Waals surface area (Å²) in [4.78, 5) is 10.5. The van der Waals surface area contributed by atoms with Crippen molar-refractivity contribution >= 4 is 5.97 Å². The summed E-state index contributed by atoms with van der Waals surface area (Å²) >= 11 is 0. The fourth-order valence-electron chi connectivity index (χ4n) is 1.28. The standard InChI is InChI=1S/C9H14N2O2/c1-6-3-7(2)11(4-6)5-8(10)9(12)13/h3-4,8H,5,10H2,1-2H3,(H,12,13). The zero-order valence-electron chi connectivity index (χ0n) is 7.82. The van der Waals surface area contributed by atoms with Crippen LogP contribution in [0.2, 0.25) is 0 Å². The van der Waals surface area contributed by atoms with Crippen LogP contribution >= 0.6 is 0 Å². The average molecular weight is 182 g/mol. The molecule has 0 saturated carbocycles. The molecule has 1 rings (SSSR count). The first-order valence-corrected chi connectivity index (χ1v) is 4.12. The Hall–Kier alpha value is -1.29. The first-order valence-electron chi connectivity index (χ1n) is 4.12. The number of aliphatic carboxylic acids is 1. The number of nitrogens with zero attached hydrogens (tertiary/aromatic N) is 1. The summed E-state index contributed by atoms with van der Waals surface area (Å²) < 4.78 is 1.86. The monoisotopic (exact) mass is 182 g/mol. The molecule has 3 N–H and O–H groups in total. The number of hydrogen-bond acceptors (Lipinski definition) is 2. The maximum absolute atomic E-state index is 10.5. The Kier molecular flexibility index (Phi) is 2.72. The van der Waals surface area contributed by atoms with Crippen molar-refractivity contribution in [3.8, 4) is 0 Å². The molecule has 0 fully saturated rings. The average Bonchev–Trinajstić information content (AvgIpc) is 2.30. The fourth-order valence-corrected chi connectivity index (χ4v) is 1.28. The number of hydrogen-bond donors (Lipinski definition) is 2. The number of aromatic nitrogens is 1. The Labute approximate surface area is 77.0 Å². The molecular weight excluding hydrogens is 168 g/mol. The minimum atomic E-state index is -0.967. The van der Waals surface area contributed by atoms with Gasteiger partial charge in [0.1, 0.15) is 6.04 Å². The lowest BCUT2D eigenvalue weighted by molar-refractivity contribution is -0.138. The Morgan fingerprint density at radius 3 is 2.69 bits per heavy atom. The van der Waals surface area contributed by atoms with Gasteiger partial charge in [0.15, 0.2) is 0 Å². The fraction of sp³-hybridized carbons (Fsp3) is 0.444. The van der Waals surface area contributed by atoms with Crippen molar-refractivity contribution in [1.29, 1.82) is 0 Å². The van der Waals surface area contributed by atoms with Gasteiger partial charge in [0.25, 0.3) is 0 Å². The number of aryl methyl sites for hydroxylation is 2. The first-order chi connectivity index (χ1) is 6.00. The lowest BCUT2D eigenvalue weighted by Crippen LogP contribution is -2.34. The summed E-state index contributed by atoms with van der Waals surface area (Å²) in [5.41, 5.74) is 7.56. The largest absolute Gasteiger partial charge is 0.480 e. The van der Waals surface area contributed by atoms with E-state index in [0.29, 0.717) is 6.54 Å². The first kappa shape index (κ1) is 9.80. The smallest absolute Gasteiger partial charge is 0.322 e. The molecule has 0 aromatic carbocycles. The second kappa shape index (κ2) is 3.62. The molecule has 0 spiro atoms. The lowest BCUT2D eigenvalue weighted by Gasteiger charge is -2.09. The predicted octanol–water partition coefficient (Wildman–Crippen LogP) is 0.517. The number of carboxylic acids is 1. The molecule has 0 amide bonds. The molecule has 0 bridgehead atoms. The van der Waals surface area contributed by atoms with Gasteiger partial charge in [0.2, 0.25) is 0 Å². The lowest BCUT2D eigenvalue weighted by atomic mass is 10.3. The molecule has 1 atom stereocenters. The normalized spacial score (nSPS) is 12.8.